The van der Waals surface area contributed by atoms with Gasteiger partial charge in [-0.2, -0.15) is 0 Å². The van der Waals surface area contributed by atoms with Crippen LogP contribution in [0.3, 0.4) is 0 Å². The zero-order valence-corrected chi connectivity index (χ0v) is 18.2. The summed E-state index contributed by atoms with van der Waals surface area (Å²) in [5.41, 5.74) is 2.68. The van der Waals surface area contributed by atoms with Gasteiger partial charge in [0.05, 0.1) is 20.8 Å². The molecule has 162 valence electrons. The van der Waals surface area contributed by atoms with Gasteiger partial charge in [0.25, 0.3) is 5.91 Å². The molecule has 0 aliphatic carbocycles. The second-order valence-electron chi connectivity index (χ2n) is 6.69. The van der Waals surface area contributed by atoms with Gasteiger partial charge in [0.1, 0.15) is 0 Å². The van der Waals surface area contributed by atoms with Crippen LogP contribution in [0.1, 0.15) is 41.8 Å². The summed E-state index contributed by atoms with van der Waals surface area (Å²) >= 11 is 0. The van der Waals surface area contributed by atoms with Crippen LogP contribution in [0.15, 0.2) is 47.5 Å². The van der Waals surface area contributed by atoms with E-state index in [0.717, 1.165) is 24.1 Å². The van der Waals surface area contributed by atoms with Crippen molar-refractivity contribution in [3.8, 4) is 11.5 Å². The Labute approximate surface area is 178 Å². The van der Waals surface area contributed by atoms with E-state index in [0.29, 0.717) is 42.7 Å². The normalized spacial score (nSPS) is 11.0. The molecule has 0 aliphatic rings. The predicted molar refractivity (Wildman–Crippen MR) is 120 cm³/mol. The highest BCUT2D eigenvalue weighted by Crippen LogP contribution is 2.27. The van der Waals surface area contributed by atoms with Crippen molar-refractivity contribution in [1.29, 1.82) is 0 Å². The molecule has 30 heavy (non-hydrogen) atoms. The highest BCUT2D eigenvalue weighted by Gasteiger charge is 2.07. The highest BCUT2D eigenvalue weighted by atomic mass is 16.5. The van der Waals surface area contributed by atoms with Gasteiger partial charge in [0, 0.05) is 25.2 Å². The SMILES string of the molecule is CCCNC(=O)c1cccc(CN=C(NCC)NCc2ccc(OC)c(OC)c2)c1. The van der Waals surface area contributed by atoms with Gasteiger partial charge >= 0.3 is 0 Å². The minimum Gasteiger partial charge on any atom is -0.493 e. The van der Waals surface area contributed by atoms with E-state index in [4.69, 9.17) is 9.47 Å². The molecule has 0 aromatic heterocycles. The smallest absolute Gasteiger partial charge is 0.251 e. The number of guanidine groups is 1. The quantitative estimate of drug-likeness (QED) is 0.413. The van der Waals surface area contributed by atoms with E-state index in [1.807, 2.05) is 56.3 Å². The maximum Gasteiger partial charge on any atom is 0.251 e. The second-order valence-corrected chi connectivity index (χ2v) is 6.69. The Hall–Kier alpha value is -3.22. The maximum atomic E-state index is 12.2. The van der Waals surface area contributed by atoms with Crippen molar-refractivity contribution in [2.75, 3.05) is 27.3 Å². The number of amides is 1. The van der Waals surface area contributed by atoms with E-state index in [2.05, 4.69) is 20.9 Å². The minimum atomic E-state index is -0.0545. The van der Waals surface area contributed by atoms with Gasteiger partial charge in [-0.3, -0.25) is 4.79 Å². The first kappa shape index (κ1) is 23.1. The summed E-state index contributed by atoms with van der Waals surface area (Å²) in [7, 11) is 3.24. The number of nitrogens with zero attached hydrogens (tertiary/aromatic N) is 1. The monoisotopic (exact) mass is 412 g/mol. The Morgan fingerprint density at radius 2 is 1.73 bits per heavy atom. The van der Waals surface area contributed by atoms with Crippen LogP contribution in [-0.2, 0) is 13.1 Å². The van der Waals surface area contributed by atoms with Gasteiger partial charge in [-0.15, -0.1) is 0 Å². The molecule has 0 atom stereocenters. The molecule has 0 fully saturated rings. The lowest BCUT2D eigenvalue weighted by Gasteiger charge is -2.13. The molecule has 7 heteroatoms. The molecular formula is C23H32N4O3. The van der Waals surface area contributed by atoms with E-state index in [9.17, 15) is 4.79 Å². The molecule has 0 saturated carbocycles. The molecule has 1 amide bonds. The largest absolute Gasteiger partial charge is 0.493 e. The molecule has 0 heterocycles. The van der Waals surface area contributed by atoms with E-state index < -0.39 is 0 Å². The Morgan fingerprint density at radius 1 is 0.933 bits per heavy atom. The number of benzene rings is 2. The molecule has 0 saturated heterocycles. The molecule has 2 rings (SSSR count). The van der Waals surface area contributed by atoms with E-state index in [-0.39, 0.29) is 5.91 Å². The number of rotatable bonds is 10. The molecule has 0 bridgehead atoms. The van der Waals surface area contributed by atoms with Crippen LogP contribution in [0.4, 0.5) is 0 Å². The predicted octanol–water partition coefficient (Wildman–Crippen LogP) is 3.10. The molecule has 0 radical (unpaired) electrons. The lowest BCUT2D eigenvalue weighted by molar-refractivity contribution is 0.0953. The number of ether oxygens (including phenoxy) is 2. The lowest BCUT2D eigenvalue weighted by Crippen LogP contribution is -2.36. The van der Waals surface area contributed by atoms with Crippen LogP contribution >= 0.6 is 0 Å². The molecule has 0 unspecified atom stereocenters. The highest BCUT2D eigenvalue weighted by molar-refractivity contribution is 5.94. The van der Waals surface area contributed by atoms with Crippen LogP contribution in [-0.4, -0.2) is 39.2 Å². The van der Waals surface area contributed by atoms with Crippen molar-refractivity contribution in [2.24, 2.45) is 4.99 Å². The van der Waals surface area contributed by atoms with Crippen molar-refractivity contribution in [1.82, 2.24) is 16.0 Å². The number of hydrogen-bond acceptors (Lipinski definition) is 4. The summed E-state index contributed by atoms with van der Waals surface area (Å²) in [6.07, 6.45) is 0.910. The first-order valence-electron chi connectivity index (χ1n) is 10.2. The first-order chi connectivity index (χ1) is 14.6. The third kappa shape index (κ3) is 6.99. The average molecular weight is 413 g/mol. The standard InChI is InChI=1S/C23H32N4O3/c1-5-12-25-22(28)19-9-7-8-17(13-19)15-26-23(24-6-2)27-16-18-10-11-20(29-3)21(14-18)30-4/h7-11,13-14H,5-6,12,15-16H2,1-4H3,(H,25,28)(H2,24,26,27). The average Bonchev–Trinajstić information content (AvgIpc) is 2.79. The Kier molecular flexibility index (Phi) is 9.51. The van der Waals surface area contributed by atoms with Gasteiger partial charge in [-0.25, -0.2) is 4.99 Å². The molecule has 0 aliphatic heterocycles. The van der Waals surface area contributed by atoms with Crippen molar-refractivity contribution in [3.05, 3.63) is 59.2 Å². The summed E-state index contributed by atoms with van der Waals surface area (Å²) in [5.74, 6) is 2.04. The van der Waals surface area contributed by atoms with Crippen LogP contribution in [0.2, 0.25) is 0 Å². The Morgan fingerprint density at radius 3 is 2.43 bits per heavy atom. The molecule has 3 N–H and O–H groups in total. The van der Waals surface area contributed by atoms with Crippen LogP contribution in [0.5, 0.6) is 11.5 Å². The fourth-order valence-electron chi connectivity index (χ4n) is 2.84. The van der Waals surface area contributed by atoms with E-state index in [1.165, 1.54) is 0 Å². The number of nitrogens with one attached hydrogen (secondary N) is 3. The Bertz CT molecular complexity index is 852. The molecule has 0 spiro atoms. The summed E-state index contributed by atoms with van der Waals surface area (Å²) in [6.45, 7) is 6.53. The van der Waals surface area contributed by atoms with Gasteiger partial charge in [-0.1, -0.05) is 25.1 Å². The van der Waals surface area contributed by atoms with Gasteiger partial charge < -0.3 is 25.4 Å². The number of carbonyl (C=O) groups excluding carboxylic acids is 1. The number of aliphatic imine (C=N–C) groups is 1. The van der Waals surface area contributed by atoms with Crippen molar-refractivity contribution >= 4 is 11.9 Å². The third-order valence-electron chi connectivity index (χ3n) is 4.40. The van der Waals surface area contributed by atoms with Crippen molar-refractivity contribution in [2.45, 2.75) is 33.4 Å². The lowest BCUT2D eigenvalue weighted by atomic mass is 10.1. The molecule has 2 aromatic carbocycles. The van der Waals surface area contributed by atoms with Crippen molar-refractivity contribution < 1.29 is 14.3 Å². The van der Waals surface area contributed by atoms with Gasteiger partial charge in [0.2, 0.25) is 0 Å². The fraction of sp³-hybridized carbons (Fsp3) is 0.391. The van der Waals surface area contributed by atoms with Gasteiger partial charge in [-0.05, 0) is 48.7 Å². The van der Waals surface area contributed by atoms with Crippen LogP contribution in [0.25, 0.3) is 0 Å². The summed E-state index contributed by atoms with van der Waals surface area (Å²) in [5, 5.41) is 9.47. The molecular weight excluding hydrogens is 380 g/mol. The topological polar surface area (TPSA) is 84.0 Å². The second kappa shape index (κ2) is 12.4. The first-order valence-corrected chi connectivity index (χ1v) is 10.2. The zero-order valence-electron chi connectivity index (χ0n) is 18.2. The van der Waals surface area contributed by atoms with E-state index >= 15 is 0 Å². The zero-order chi connectivity index (χ0) is 21.8. The van der Waals surface area contributed by atoms with Gasteiger partial charge in [0.15, 0.2) is 17.5 Å². The van der Waals surface area contributed by atoms with Crippen LogP contribution < -0.4 is 25.4 Å². The summed E-state index contributed by atoms with van der Waals surface area (Å²) < 4.78 is 10.6. The minimum absolute atomic E-state index is 0.0545. The fourth-order valence-corrected chi connectivity index (χ4v) is 2.84. The van der Waals surface area contributed by atoms with E-state index in [1.54, 1.807) is 14.2 Å². The molecule has 7 nitrogen and oxygen atoms in total. The maximum absolute atomic E-state index is 12.2. The van der Waals surface area contributed by atoms with Crippen LogP contribution in [0, 0.1) is 0 Å². The third-order valence-corrected chi connectivity index (χ3v) is 4.40. The molecule has 2 aromatic rings. The number of hydrogen-bond donors (Lipinski definition) is 3. The summed E-state index contributed by atoms with van der Waals surface area (Å²) in [6, 6.07) is 13.4. The number of carbonyl (C=O) groups is 1. The number of methoxy groups -OCH3 is 2. The summed E-state index contributed by atoms with van der Waals surface area (Å²) in [4.78, 5) is 16.8. The Balaban J connectivity index is 2.03. The van der Waals surface area contributed by atoms with Crippen molar-refractivity contribution in [3.63, 3.8) is 0 Å².